The molecule has 2 aromatic heterocycles. The first-order valence-electron chi connectivity index (χ1n) is 7.39. The molecule has 1 fully saturated rings. The van der Waals surface area contributed by atoms with Crippen LogP contribution in [0.5, 0.6) is 0 Å². The third-order valence-corrected chi connectivity index (χ3v) is 4.22. The van der Waals surface area contributed by atoms with Gasteiger partial charge in [0.2, 0.25) is 5.91 Å². The van der Waals surface area contributed by atoms with Gasteiger partial charge in [-0.3, -0.25) is 14.2 Å². The van der Waals surface area contributed by atoms with Crippen molar-refractivity contribution in [2.45, 2.75) is 31.7 Å². The van der Waals surface area contributed by atoms with Crippen molar-refractivity contribution in [3.8, 4) is 0 Å². The van der Waals surface area contributed by atoms with E-state index >= 15 is 0 Å². The van der Waals surface area contributed by atoms with Crippen molar-refractivity contribution < 1.29 is 23.5 Å². The van der Waals surface area contributed by atoms with Gasteiger partial charge in [0.05, 0.1) is 22.6 Å². The molecule has 2 N–H and O–H groups in total. The number of carbonyl (C=O) groups excluding carboxylic acids is 1. The van der Waals surface area contributed by atoms with Crippen LogP contribution in [0, 0.1) is 0 Å². The monoisotopic (exact) mass is 373 g/mol. The van der Waals surface area contributed by atoms with E-state index in [0.29, 0.717) is 5.69 Å². The van der Waals surface area contributed by atoms with Crippen molar-refractivity contribution in [2.75, 3.05) is 5.32 Å². The number of carboxylic acid groups (broad SMARTS) is 1. The standard InChI is InChI=1S/C14H14ClF2N5O3/c1-21-12(14(24)25)7(4-18-21)19-8(23)5-22-11(6-2-3-6)9(15)10(20-22)13(16)17/h4,6,13H,2-3,5H2,1H3,(H,19,23)(H,24,25). The summed E-state index contributed by atoms with van der Waals surface area (Å²) in [5, 5.41) is 19.0. The normalized spacial score (nSPS) is 14.1. The molecular weight excluding hydrogens is 360 g/mol. The molecule has 0 saturated heterocycles. The van der Waals surface area contributed by atoms with Gasteiger partial charge in [-0.05, 0) is 12.8 Å². The number of aryl methyl sites for hydroxylation is 1. The molecule has 2 aromatic rings. The predicted octanol–water partition coefficient (Wildman–Crippen LogP) is 2.42. The minimum Gasteiger partial charge on any atom is -0.476 e. The Balaban J connectivity index is 1.82. The van der Waals surface area contributed by atoms with Crippen molar-refractivity contribution >= 4 is 29.2 Å². The molecule has 0 unspecified atom stereocenters. The van der Waals surface area contributed by atoms with Crippen molar-refractivity contribution in [3.05, 3.63) is 28.3 Å². The number of carboxylic acids is 1. The second-order valence-electron chi connectivity index (χ2n) is 5.70. The fourth-order valence-corrected chi connectivity index (χ4v) is 2.96. The molecule has 1 saturated carbocycles. The summed E-state index contributed by atoms with van der Waals surface area (Å²) in [6.07, 6.45) is -0.0569. The Hall–Kier alpha value is -2.49. The molecular formula is C14H14ClF2N5O3. The molecule has 0 aromatic carbocycles. The minimum absolute atomic E-state index is 0.00766. The molecule has 2 heterocycles. The third kappa shape index (κ3) is 3.34. The summed E-state index contributed by atoms with van der Waals surface area (Å²) in [7, 11) is 1.42. The van der Waals surface area contributed by atoms with Crippen LogP contribution in [0.15, 0.2) is 6.20 Å². The predicted molar refractivity (Wildman–Crippen MR) is 83.0 cm³/mol. The number of nitrogens with zero attached hydrogens (tertiary/aromatic N) is 4. The van der Waals surface area contributed by atoms with Gasteiger partial charge in [0.1, 0.15) is 12.2 Å². The largest absolute Gasteiger partial charge is 0.476 e. The minimum atomic E-state index is -2.84. The molecule has 0 atom stereocenters. The molecule has 8 nitrogen and oxygen atoms in total. The molecule has 25 heavy (non-hydrogen) atoms. The van der Waals surface area contributed by atoms with Crippen LogP contribution in [0.4, 0.5) is 14.5 Å². The van der Waals surface area contributed by atoms with Gasteiger partial charge in [-0.1, -0.05) is 11.6 Å². The van der Waals surface area contributed by atoms with E-state index in [1.54, 1.807) is 0 Å². The Labute approximate surface area is 145 Å². The van der Waals surface area contributed by atoms with Crippen molar-refractivity contribution in [1.29, 1.82) is 0 Å². The molecule has 134 valence electrons. The Morgan fingerprint density at radius 3 is 2.72 bits per heavy atom. The SMILES string of the molecule is Cn1ncc(NC(=O)Cn2nc(C(F)F)c(Cl)c2C2CC2)c1C(=O)O. The Bertz CT molecular complexity index is 844. The lowest BCUT2D eigenvalue weighted by Gasteiger charge is -2.08. The number of carbonyl (C=O) groups is 2. The van der Waals surface area contributed by atoms with E-state index in [0.717, 1.165) is 22.2 Å². The van der Waals surface area contributed by atoms with Gasteiger partial charge in [-0.2, -0.15) is 10.2 Å². The van der Waals surface area contributed by atoms with Crippen LogP contribution in [-0.2, 0) is 18.4 Å². The molecule has 0 radical (unpaired) electrons. The van der Waals surface area contributed by atoms with E-state index in [1.807, 2.05) is 0 Å². The van der Waals surface area contributed by atoms with Crippen LogP contribution in [0.1, 0.15) is 47.1 Å². The summed E-state index contributed by atoms with van der Waals surface area (Å²) in [5.41, 5.74) is -0.316. The van der Waals surface area contributed by atoms with E-state index in [9.17, 15) is 18.4 Å². The first-order chi connectivity index (χ1) is 11.8. The summed E-state index contributed by atoms with van der Waals surface area (Å²) in [6, 6.07) is 0. The lowest BCUT2D eigenvalue weighted by molar-refractivity contribution is -0.117. The topological polar surface area (TPSA) is 102 Å². The van der Waals surface area contributed by atoms with Crippen LogP contribution in [-0.4, -0.2) is 36.5 Å². The van der Waals surface area contributed by atoms with Gasteiger partial charge in [0, 0.05) is 13.0 Å². The number of aromatic nitrogens is 4. The van der Waals surface area contributed by atoms with Crippen LogP contribution >= 0.6 is 11.6 Å². The van der Waals surface area contributed by atoms with Gasteiger partial charge >= 0.3 is 5.97 Å². The number of aromatic carboxylic acids is 1. The van der Waals surface area contributed by atoms with E-state index in [4.69, 9.17) is 16.7 Å². The van der Waals surface area contributed by atoms with Crippen LogP contribution in [0.3, 0.4) is 0 Å². The number of amides is 1. The Morgan fingerprint density at radius 1 is 1.48 bits per heavy atom. The third-order valence-electron chi connectivity index (χ3n) is 3.84. The summed E-state index contributed by atoms with van der Waals surface area (Å²) in [6.45, 7) is -0.355. The molecule has 1 aliphatic carbocycles. The number of anilines is 1. The lowest BCUT2D eigenvalue weighted by Crippen LogP contribution is -2.22. The number of alkyl halides is 2. The summed E-state index contributed by atoms with van der Waals surface area (Å²) in [4.78, 5) is 23.4. The number of nitrogens with one attached hydrogen (secondary N) is 1. The average molecular weight is 374 g/mol. The van der Waals surface area contributed by atoms with E-state index in [1.165, 1.54) is 13.2 Å². The second kappa shape index (κ2) is 6.43. The quantitative estimate of drug-likeness (QED) is 0.809. The first kappa shape index (κ1) is 17.3. The van der Waals surface area contributed by atoms with Crippen LogP contribution in [0.25, 0.3) is 0 Å². The van der Waals surface area contributed by atoms with E-state index in [2.05, 4.69) is 15.5 Å². The van der Waals surface area contributed by atoms with Crippen LogP contribution in [0.2, 0.25) is 5.02 Å². The molecule has 3 rings (SSSR count). The van der Waals surface area contributed by atoms with Gasteiger partial charge in [0.25, 0.3) is 6.43 Å². The molecule has 0 spiro atoms. The number of hydrogen-bond acceptors (Lipinski definition) is 4. The van der Waals surface area contributed by atoms with Gasteiger partial charge < -0.3 is 10.4 Å². The van der Waals surface area contributed by atoms with Crippen molar-refractivity contribution in [2.24, 2.45) is 7.05 Å². The van der Waals surface area contributed by atoms with Gasteiger partial charge in [0.15, 0.2) is 5.69 Å². The van der Waals surface area contributed by atoms with Gasteiger partial charge in [-0.15, -0.1) is 0 Å². The summed E-state index contributed by atoms with van der Waals surface area (Å²) in [5.74, 6) is -1.86. The molecule has 0 aliphatic heterocycles. The fraction of sp³-hybridized carbons (Fsp3) is 0.429. The Kier molecular flexibility index (Phi) is 4.46. The maximum atomic E-state index is 13.0. The smallest absolute Gasteiger partial charge is 0.356 e. The zero-order valence-corrected chi connectivity index (χ0v) is 13.8. The highest BCUT2D eigenvalue weighted by Crippen LogP contribution is 2.45. The zero-order chi connectivity index (χ0) is 18.3. The van der Waals surface area contributed by atoms with Crippen molar-refractivity contribution in [3.63, 3.8) is 0 Å². The number of rotatable bonds is 6. The maximum Gasteiger partial charge on any atom is 0.356 e. The first-order valence-corrected chi connectivity index (χ1v) is 7.76. The molecule has 11 heteroatoms. The van der Waals surface area contributed by atoms with Gasteiger partial charge in [-0.25, -0.2) is 13.6 Å². The second-order valence-corrected chi connectivity index (χ2v) is 6.08. The zero-order valence-electron chi connectivity index (χ0n) is 13.0. The molecule has 1 aliphatic rings. The fourth-order valence-electron chi connectivity index (χ4n) is 2.59. The lowest BCUT2D eigenvalue weighted by atomic mass is 10.2. The molecule has 0 bridgehead atoms. The highest BCUT2D eigenvalue weighted by Gasteiger charge is 2.34. The highest BCUT2D eigenvalue weighted by molar-refractivity contribution is 6.32. The number of hydrogen-bond donors (Lipinski definition) is 2. The average Bonchev–Trinajstić information content (AvgIpc) is 3.20. The van der Waals surface area contributed by atoms with Crippen molar-refractivity contribution in [1.82, 2.24) is 19.6 Å². The summed E-state index contributed by atoms with van der Waals surface area (Å²) < 4.78 is 28.3. The highest BCUT2D eigenvalue weighted by atomic mass is 35.5. The van der Waals surface area contributed by atoms with E-state index in [-0.39, 0.29) is 28.9 Å². The number of halogens is 3. The van der Waals surface area contributed by atoms with Crippen LogP contribution < -0.4 is 5.32 Å². The molecule has 1 amide bonds. The van der Waals surface area contributed by atoms with E-state index < -0.39 is 24.0 Å². The maximum absolute atomic E-state index is 13.0. The Morgan fingerprint density at radius 2 is 2.16 bits per heavy atom. The summed E-state index contributed by atoms with van der Waals surface area (Å²) >= 11 is 5.99.